The van der Waals surface area contributed by atoms with Gasteiger partial charge in [0.05, 0.1) is 11.3 Å². The Morgan fingerprint density at radius 3 is 2.50 bits per heavy atom. The van der Waals surface area contributed by atoms with E-state index in [9.17, 15) is 5.11 Å². The van der Waals surface area contributed by atoms with E-state index in [0.717, 1.165) is 36.8 Å². The SMILES string of the molecule is CN(Cc1ccc(OCc2ccccn2)cc1)C[C@@]1(O)CCN(c2ccccn2)C1. The molecule has 6 nitrogen and oxygen atoms in total. The zero-order valence-corrected chi connectivity index (χ0v) is 17.3. The number of benzene rings is 1. The summed E-state index contributed by atoms with van der Waals surface area (Å²) in [4.78, 5) is 13.0. The van der Waals surface area contributed by atoms with Crippen molar-refractivity contribution in [3.63, 3.8) is 0 Å². The van der Waals surface area contributed by atoms with Gasteiger partial charge in [0.25, 0.3) is 0 Å². The molecule has 1 aromatic carbocycles. The Morgan fingerprint density at radius 2 is 1.80 bits per heavy atom. The minimum Gasteiger partial charge on any atom is -0.487 e. The molecule has 1 saturated heterocycles. The van der Waals surface area contributed by atoms with E-state index < -0.39 is 5.60 Å². The smallest absolute Gasteiger partial charge is 0.130 e. The van der Waals surface area contributed by atoms with E-state index in [4.69, 9.17) is 4.74 Å². The lowest BCUT2D eigenvalue weighted by atomic mass is 10.0. The Balaban J connectivity index is 1.27. The highest BCUT2D eigenvalue weighted by atomic mass is 16.5. The molecule has 0 saturated carbocycles. The number of nitrogens with zero attached hydrogens (tertiary/aromatic N) is 4. The fraction of sp³-hybridized carbons (Fsp3) is 0.333. The third-order valence-corrected chi connectivity index (χ3v) is 5.36. The lowest BCUT2D eigenvalue weighted by Gasteiger charge is -2.29. The number of ether oxygens (including phenoxy) is 1. The molecule has 0 amide bonds. The topological polar surface area (TPSA) is 61.7 Å². The lowest BCUT2D eigenvalue weighted by Crippen LogP contribution is -2.43. The average Bonchev–Trinajstić information content (AvgIpc) is 3.16. The molecule has 0 spiro atoms. The number of anilines is 1. The summed E-state index contributed by atoms with van der Waals surface area (Å²) in [6.07, 6.45) is 4.31. The Morgan fingerprint density at radius 1 is 1.03 bits per heavy atom. The molecule has 1 N–H and O–H groups in total. The van der Waals surface area contributed by atoms with E-state index in [1.807, 2.05) is 55.6 Å². The van der Waals surface area contributed by atoms with Crippen molar-refractivity contribution in [2.45, 2.75) is 25.2 Å². The van der Waals surface area contributed by atoms with Gasteiger partial charge < -0.3 is 14.7 Å². The van der Waals surface area contributed by atoms with E-state index in [0.29, 0.717) is 19.7 Å². The summed E-state index contributed by atoms with van der Waals surface area (Å²) in [6, 6.07) is 19.8. The van der Waals surface area contributed by atoms with Crippen molar-refractivity contribution in [3.05, 3.63) is 84.3 Å². The van der Waals surface area contributed by atoms with Gasteiger partial charge in [-0.2, -0.15) is 0 Å². The third kappa shape index (κ3) is 5.34. The minimum atomic E-state index is -0.724. The van der Waals surface area contributed by atoms with Gasteiger partial charge >= 0.3 is 0 Å². The highest BCUT2D eigenvalue weighted by Crippen LogP contribution is 2.26. The van der Waals surface area contributed by atoms with Gasteiger partial charge in [0.15, 0.2) is 0 Å². The van der Waals surface area contributed by atoms with Gasteiger partial charge in [-0.05, 0) is 55.4 Å². The van der Waals surface area contributed by atoms with Crippen LogP contribution in [0.2, 0.25) is 0 Å². The highest BCUT2D eigenvalue weighted by Gasteiger charge is 2.37. The maximum Gasteiger partial charge on any atom is 0.130 e. The maximum atomic E-state index is 11.1. The van der Waals surface area contributed by atoms with Crippen LogP contribution in [0.1, 0.15) is 17.7 Å². The third-order valence-electron chi connectivity index (χ3n) is 5.36. The van der Waals surface area contributed by atoms with Gasteiger partial charge in [0.2, 0.25) is 0 Å². The van der Waals surface area contributed by atoms with Crippen molar-refractivity contribution in [1.82, 2.24) is 14.9 Å². The molecule has 0 radical (unpaired) electrons. The van der Waals surface area contributed by atoms with E-state index in [1.54, 1.807) is 12.4 Å². The van der Waals surface area contributed by atoms with Gasteiger partial charge in [-0.1, -0.05) is 24.3 Å². The van der Waals surface area contributed by atoms with E-state index in [1.165, 1.54) is 5.56 Å². The van der Waals surface area contributed by atoms with Crippen molar-refractivity contribution in [1.29, 1.82) is 0 Å². The van der Waals surface area contributed by atoms with Crippen LogP contribution in [0, 0.1) is 0 Å². The second kappa shape index (κ2) is 9.24. The second-order valence-electron chi connectivity index (χ2n) is 8.01. The molecule has 6 heteroatoms. The van der Waals surface area contributed by atoms with Gasteiger partial charge in [-0.3, -0.25) is 9.88 Å². The predicted octanol–water partition coefficient (Wildman–Crippen LogP) is 3.13. The molecular weight excluding hydrogens is 376 g/mol. The molecule has 1 fully saturated rings. The first kappa shape index (κ1) is 20.3. The molecule has 0 aliphatic carbocycles. The van der Waals surface area contributed by atoms with Crippen molar-refractivity contribution < 1.29 is 9.84 Å². The Bertz CT molecular complexity index is 921. The van der Waals surface area contributed by atoms with Crippen LogP contribution in [0.3, 0.4) is 0 Å². The molecular formula is C24H28N4O2. The van der Waals surface area contributed by atoms with E-state index >= 15 is 0 Å². The summed E-state index contributed by atoms with van der Waals surface area (Å²) in [5.74, 6) is 1.75. The Labute approximate surface area is 177 Å². The predicted molar refractivity (Wildman–Crippen MR) is 117 cm³/mol. The molecule has 3 aromatic rings. The first-order valence-electron chi connectivity index (χ1n) is 10.3. The summed E-state index contributed by atoms with van der Waals surface area (Å²) in [7, 11) is 2.05. The van der Waals surface area contributed by atoms with Gasteiger partial charge in [0, 0.05) is 38.6 Å². The quantitative estimate of drug-likeness (QED) is 0.622. The van der Waals surface area contributed by atoms with Crippen LogP contribution in [0.15, 0.2) is 73.1 Å². The van der Waals surface area contributed by atoms with Crippen LogP contribution in [-0.4, -0.2) is 52.3 Å². The molecule has 1 aliphatic heterocycles. The average molecular weight is 405 g/mol. The standard InChI is InChI=1S/C24H28N4O2/c1-27(18-24(29)12-15-28(19-24)23-7-3-5-14-26-23)16-20-8-10-22(11-9-20)30-17-21-6-2-4-13-25-21/h2-11,13-14,29H,12,15-19H2,1H3/t24-/m0/s1. The molecule has 156 valence electrons. The normalized spacial score (nSPS) is 18.7. The largest absolute Gasteiger partial charge is 0.487 e. The number of pyridine rings is 2. The van der Waals surface area contributed by atoms with Crippen LogP contribution in [-0.2, 0) is 13.2 Å². The van der Waals surface area contributed by atoms with Crippen molar-refractivity contribution in [2.24, 2.45) is 0 Å². The molecule has 2 aromatic heterocycles. The molecule has 0 unspecified atom stereocenters. The molecule has 30 heavy (non-hydrogen) atoms. The number of likely N-dealkylation sites (N-methyl/N-ethyl adjacent to an activating group) is 1. The minimum absolute atomic E-state index is 0.458. The number of hydrogen-bond acceptors (Lipinski definition) is 6. The number of β-amino-alcohol motifs (C(OH)–C–C–N with tert-alkyl or cyclic N) is 1. The van der Waals surface area contributed by atoms with Crippen LogP contribution in [0.5, 0.6) is 5.75 Å². The van der Waals surface area contributed by atoms with Crippen LogP contribution >= 0.6 is 0 Å². The Kier molecular flexibility index (Phi) is 6.26. The van der Waals surface area contributed by atoms with E-state index in [2.05, 4.69) is 31.9 Å². The van der Waals surface area contributed by atoms with Crippen LogP contribution in [0.25, 0.3) is 0 Å². The molecule has 1 aliphatic rings. The Hall–Kier alpha value is -2.96. The first-order valence-corrected chi connectivity index (χ1v) is 10.3. The summed E-state index contributed by atoms with van der Waals surface area (Å²) in [5, 5.41) is 11.1. The highest BCUT2D eigenvalue weighted by molar-refractivity contribution is 5.40. The summed E-state index contributed by atoms with van der Waals surface area (Å²) >= 11 is 0. The molecule has 3 heterocycles. The van der Waals surface area contributed by atoms with E-state index in [-0.39, 0.29) is 0 Å². The zero-order valence-electron chi connectivity index (χ0n) is 17.3. The molecule has 0 bridgehead atoms. The van der Waals surface area contributed by atoms with Gasteiger partial charge in [-0.15, -0.1) is 0 Å². The summed E-state index contributed by atoms with van der Waals surface area (Å²) in [5.41, 5.74) is 1.37. The van der Waals surface area contributed by atoms with Crippen molar-refractivity contribution in [2.75, 3.05) is 31.6 Å². The van der Waals surface area contributed by atoms with Gasteiger partial charge in [-0.25, -0.2) is 4.98 Å². The fourth-order valence-electron chi connectivity index (χ4n) is 3.92. The number of hydrogen-bond donors (Lipinski definition) is 1. The fourth-order valence-corrected chi connectivity index (χ4v) is 3.92. The van der Waals surface area contributed by atoms with Crippen molar-refractivity contribution in [3.8, 4) is 5.75 Å². The molecule has 4 rings (SSSR count). The summed E-state index contributed by atoms with van der Waals surface area (Å²) in [6.45, 7) is 3.28. The number of aromatic nitrogens is 2. The lowest BCUT2D eigenvalue weighted by molar-refractivity contribution is 0.0279. The van der Waals surface area contributed by atoms with Crippen LogP contribution < -0.4 is 9.64 Å². The van der Waals surface area contributed by atoms with Crippen molar-refractivity contribution >= 4 is 5.82 Å². The first-order chi connectivity index (χ1) is 14.6. The molecule has 1 atom stereocenters. The monoisotopic (exact) mass is 404 g/mol. The number of aliphatic hydroxyl groups is 1. The number of rotatable bonds is 8. The second-order valence-corrected chi connectivity index (χ2v) is 8.01. The van der Waals surface area contributed by atoms with Gasteiger partial charge in [0.1, 0.15) is 18.2 Å². The zero-order chi connectivity index (χ0) is 20.8. The summed E-state index contributed by atoms with van der Waals surface area (Å²) < 4.78 is 5.80. The van der Waals surface area contributed by atoms with Crippen LogP contribution in [0.4, 0.5) is 5.82 Å². The maximum absolute atomic E-state index is 11.1.